The maximum absolute atomic E-state index is 10.4. The number of aliphatic hydroxyl groups excluding tert-OH is 2. The Labute approximate surface area is 83.9 Å². The fourth-order valence-electron chi connectivity index (χ4n) is 1.06. The first kappa shape index (κ1) is 13.8. The molecule has 0 heterocycles. The molecule has 0 saturated heterocycles. The van der Waals surface area contributed by atoms with Crippen LogP contribution in [0.1, 0.15) is 13.3 Å². The average Bonchev–Trinajstić information content (AvgIpc) is 2.03. The summed E-state index contributed by atoms with van der Waals surface area (Å²) in [4.78, 5) is 1.53. The van der Waals surface area contributed by atoms with E-state index in [0.717, 1.165) is 6.42 Å². The van der Waals surface area contributed by atoms with Crippen LogP contribution in [-0.4, -0.2) is 59.8 Å². The Kier molecular flexibility index (Phi) is 6.21. The highest BCUT2D eigenvalue weighted by molar-refractivity contribution is 7.86. The number of hydrogen-bond donors (Lipinski definition) is 2. The van der Waals surface area contributed by atoms with Gasteiger partial charge in [-0.25, -0.2) is 8.42 Å². The molecular weight excluding hydrogens is 210 g/mol. The van der Waals surface area contributed by atoms with Crippen molar-refractivity contribution in [1.82, 2.24) is 4.90 Å². The zero-order valence-electron chi connectivity index (χ0n) is 8.09. The Morgan fingerprint density at radius 1 is 1.43 bits per heavy atom. The predicted molar refractivity (Wildman–Crippen MR) is 49.5 cm³/mol. The Balaban J connectivity index is 4.15. The lowest BCUT2D eigenvalue weighted by atomic mass is 10.4. The maximum atomic E-state index is 10.4. The van der Waals surface area contributed by atoms with Crippen LogP contribution in [0.25, 0.3) is 0 Å². The first-order valence-corrected chi connectivity index (χ1v) is 5.85. The summed E-state index contributed by atoms with van der Waals surface area (Å²) in [5, 5.41) is 17.6. The van der Waals surface area contributed by atoms with Crippen LogP contribution < -0.4 is 0 Å². The van der Waals surface area contributed by atoms with Crippen LogP contribution in [0.5, 0.6) is 0 Å². The molecule has 86 valence electrons. The van der Waals surface area contributed by atoms with Gasteiger partial charge in [0.2, 0.25) is 0 Å². The summed E-state index contributed by atoms with van der Waals surface area (Å²) in [7, 11) is -4.65. The summed E-state index contributed by atoms with van der Waals surface area (Å²) < 4.78 is 31.1. The molecule has 0 spiro atoms. The molecule has 0 aliphatic heterocycles. The van der Waals surface area contributed by atoms with Crippen molar-refractivity contribution >= 4 is 10.1 Å². The maximum Gasteiger partial charge on any atom is 0.156 e. The molecule has 0 aromatic heterocycles. The lowest BCUT2D eigenvalue weighted by Crippen LogP contribution is -2.38. The molecule has 14 heavy (non-hydrogen) atoms. The Morgan fingerprint density at radius 2 is 2.00 bits per heavy atom. The monoisotopic (exact) mass is 226 g/mol. The molecule has 7 heteroatoms. The summed E-state index contributed by atoms with van der Waals surface area (Å²) in [6.07, 6.45) is 0.756. The van der Waals surface area contributed by atoms with Gasteiger partial charge in [-0.2, -0.15) is 0 Å². The molecule has 1 atom stereocenters. The second-order valence-corrected chi connectivity index (χ2v) is 4.50. The van der Waals surface area contributed by atoms with E-state index < -0.39 is 15.6 Å². The number of rotatable bonds is 7. The van der Waals surface area contributed by atoms with Gasteiger partial charge in [-0.1, -0.05) is 6.92 Å². The van der Waals surface area contributed by atoms with E-state index in [9.17, 15) is 13.0 Å². The molecule has 0 aliphatic rings. The van der Waals surface area contributed by atoms with Gasteiger partial charge in [0.05, 0.1) is 6.61 Å². The van der Waals surface area contributed by atoms with Crippen LogP contribution in [-0.2, 0) is 10.1 Å². The van der Waals surface area contributed by atoms with Crippen molar-refractivity contribution in [3.8, 4) is 0 Å². The normalized spacial score (nSPS) is 14.6. The van der Waals surface area contributed by atoms with E-state index in [4.69, 9.17) is 10.2 Å². The third-order valence-electron chi connectivity index (χ3n) is 1.70. The molecule has 1 unspecified atom stereocenters. The lowest BCUT2D eigenvalue weighted by Gasteiger charge is -2.24. The quantitative estimate of drug-likeness (QED) is 0.515. The van der Waals surface area contributed by atoms with E-state index >= 15 is 0 Å². The van der Waals surface area contributed by atoms with Crippen LogP contribution in [0.2, 0.25) is 0 Å². The molecule has 0 amide bonds. The third-order valence-corrected chi connectivity index (χ3v) is 2.52. The van der Waals surface area contributed by atoms with Crippen molar-refractivity contribution in [3.63, 3.8) is 0 Å². The van der Waals surface area contributed by atoms with Crippen molar-refractivity contribution in [1.29, 1.82) is 0 Å². The summed E-state index contributed by atoms with van der Waals surface area (Å²) >= 11 is 0. The topological polar surface area (TPSA) is 101 Å². The van der Waals surface area contributed by atoms with Gasteiger partial charge in [-0.05, 0) is 13.0 Å². The minimum Gasteiger partial charge on any atom is -0.746 e. The number of hydrogen-bond acceptors (Lipinski definition) is 6. The van der Waals surface area contributed by atoms with E-state index in [-0.39, 0.29) is 19.7 Å². The van der Waals surface area contributed by atoms with Crippen LogP contribution >= 0.6 is 0 Å². The van der Waals surface area contributed by atoms with Gasteiger partial charge in [-0.15, -0.1) is 0 Å². The smallest absolute Gasteiger partial charge is 0.156 e. The molecule has 0 rings (SSSR count). The van der Waals surface area contributed by atoms with E-state index in [2.05, 4.69) is 0 Å². The van der Waals surface area contributed by atoms with Crippen molar-refractivity contribution in [2.45, 2.75) is 18.8 Å². The predicted octanol–water partition coefficient (Wildman–Crippen LogP) is -1.45. The SMILES string of the molecule is CCCN(CCO)CC(O)S(=O)(=O)[O-]. The first-order valence-electron chi connectivity index (χ1n) is 4.37. The van der Waals surface area contributed by atoms with Gasteiger partial charge in [0.1, 0.15) is 10.1 Å². The molecule has 0 aromatic rings. The van der Waals surface area contributed by atoms with Crippen LogP contribution in [0, 0.1) is 0 Å². The average molecular weight is 226 g/mol. The number of aliphatic hydroxyl groups is 2. The van der Waals surface area contributed by atoms with Gasteiger partial charge in [-0.3, -0.25) is 4.90 Å². The second kappa shape index (κ2) is 6.31. The molecule has 0 radical (unpaired) electrons. The first-order chi connectivity index (χ1) is 6.41. The van der Waals surface area contributed by atoms with Gasteiger partial charge in [0.25, 0.3) is 0 Å². The minimum atomic E-state index is -4.65. The molecule has 6 nitrogen and oxygen atoms in total. The van der Waals surface area contributed by atoms with Crippen molar-refractivity contribution < 1.29 is 23.2 Å². The summed E-state index contributed by atoms with van der Waals surface area (Å²) in [5.74, 6) is 0. The molecular formula is C7H16NO5S-. The van der Waals surface area contributed by atoms with E-state index in [0.29, 0.717) is 6.54 Å². The third kappa shape index (κ3) is 5.51. The molecule has 2 N–H and O–H groups in total. The number of nitrogens with zero attached hydrogens (tertiary/aromatic N) is 1. The van der Waals surface area contributed by atoms with Gasteiger partial charge >= 0.3 is 0 Å². The van der Waals surface area contributed by atoms with Crippen molar-refractivity contribution in [2.75, 3.05) is 26.2 Å². The van der Waals surface area contributed by atoms with E-state index in [1.54, 1.807) is 0 Å². The summed E-state index contributed by atoms with van der Waals surface area (Å²) in [6, 6.07) is 0. The van der Waals surface area contributed by atoms with E-state index in [1.165, 1.54) is 4.90 Å². The highest BCUT2D eigenvalue weighted by Crippen LogP contribution is 1.99. The molecule has 0 aliphatic carbocycles. The Hall–Kier alpha value is -0.210. The second-order valence-electron chi connectivity index (χ2n) is 2.97. The summed E-state index contributed by atoms with van der Waals surface area (Å²) in [5.41, 5.74) is -1.92. The fraction of sp³-hybridized carbons (Fsp3) is 1.00. The van der Waals surface area contributed by atoms with Crippen molar-refractivity contribution in [3.05, 3.63) is 0 Å². The minimum absolute atomic E-state index is 0.133. The standard InChI is InChI=1S/C7H17NO5S/c1-2-3-8(4-5-9)6-7(10)14(11,12)13/h7,9-10H,2-6H2,1H3,(H,11,12,13)/p-1. The van der Waals surface area contributed by atoms with E-state index in [1.807, 2.05) is 6.92 Å². The highest BCUT2D eigenvalue weighted by Gasteiger charge is 2.15. The molecule has 0 bridgehead atoms. The molecule has 0 aromatic carbocycles. The van der Waals surface area contributed by atoms with Crippen LogP contribution in [0.15, 0.2) is 0 Å². The van der Waals surface area contributed by atoms with Crippen LogP contribution in [0.3, 0.4) is 0 Å². The van der Waals surface area contributed by atoms with Crippen LogP contribution in [0.4, 0.5) is 0 Å². The Bertz CT molecular complexity index is 234. The summed E-state index contributed by atoms with van der Waals surface area (Å²) in [6.45, 7) is 2.28. The Morgan fingerprint density at radius 3 is 2.36 bits per heavy atom. The zero-order valence-corrected chi connectivity index (χ0v) is 8.90. The zero-order chi connectivity index (χ0) is 11.2. The molecule has 0 saturated carbocycles. The van der Waals surface area contributed by atoms with Gasteiger partial charge < -0.3 is 14.8 Å². The van der Waals surface area contributed by atoms with Crippen molar-refractivity contribution in [2.24, 2.45) is 0 Å². The fourth-order valence-corrected chi connectivity index (χ4v) is 1.46. The molecule has 0 fully saturated rings. The van der Waals surface area contributed by atoms with Gasteiger partial charge in [0.15, 0.2) is 5.44 Å². The highest BCUT2D eigenvalue weighted by atomic mass is 32.2. The van der Waals surface area contributed by atoms with Gasteiger partial charge in [0, 0.05) is 13.1 Å². The largest absolute Gasteiger partial charge is 0.746 e. The lowest BCUT2D eigenvalue weighted by molar-refractivity contribution is 0.135.